The Balaban J connectivity index is 1.72. The van der Waals surface area contributed by atoms with Gasteiger partial charge in [-0.15, -0.1) is 0 Å². The molecule has 30 heavy (non-hydrogen) atoms. The van der Waals surface area contributed by atoms with Gasteiger partial charge < -0.3 is 15.0 Å². The molecule has 1 atom stereocenters. The largest absolute Gasteiger partial charge is 0.468 e. The molecule has 0 unspecified atom stereocenters. The number of pyridine rings is 1. The molecular weight excluding hydrogens is 412 g/mol. The second kappa shape index (κ2) is 8.59. The summed E-state index contributed by atoms with van der Waals surface area (Å²) in [5.74, 6) is -1.61. The third-order valence-electron chi connectivity index (χ3n) is 4.55. The Morgan fingerprint density at radius 2 is 2.07 bits per heavy atom. The smallest absolute Gasteiger partial charge is 0.325 e. The van der Waals surface area contributed by atoms with Crippen LogP contribution in [0, 0.1) is 0 Å². The van der Waals surface area contributed by atoms with Crippen molar-refractivity contribution in [1.82, 2.24) is 19.9 Å². The van der Waals surface area contributed by atoms with E-state index in [0.717, 1.165) is 18.9 Å². The molecule has 0 aliphatic carbocycles. The lowest BCUT2D eigenvalue weighted by Crippen LogP contribution is -2.48. The SMILES string of the molecule is COC(=O)[C@H](CNC(=O)c1ccc2c(c1)C(=O)N(C)C2)NS(=O)(=O)c1cccnc1. The van der Waals surface area contributed by atoms with Crippen LogP contribution in [0.2, 0.25) is 0 Å². The zero-order chi connectivity index (χ0) is 21.9. The number of esters is 1. The number of ether oxygens (including phenoxy) is 1. The Bertz CT molecular complexity index is 1090. The number of hydrogen-bond donors (Lipinski definition) is 2. The molecule has 1 aliphatic heterocycles. The molecule has 0 radical (unpaired) electrons. The maximum absolute atomic E-state index is 12.5. The van der Waals surface area contributed by atoms with Crippen LogP contribution in [0.25, 0.3) is 0 Å². The summed E-state index contributed by atoms with van der Waals surface area (Å²) in [6.45, 7) is 0.118. The Hall–Kier alpha value is -3.31. The van der Waals surface area contributed by atoms with E-state index in [0.29, 0.717) is 12.1 Å². The number of hydrogen-bond acceptors (Lipinski definition) is 7. The highest BCUT2D eigenvalue weighted by molar-refractivity contribution is 7.89. The van der Waals surface area contributed by atoms with Crippen molar-refractivity contribution in [3.8, 4) is 0 Å². The lowest BCUT2D eigenvalue weighted by Gasteiger charge is -2.17. The van der Waals surface area contributed by atoms with Gasteiger partial charge in [-0.05, 0) is 29.8 Å². The van der Waals surface area contributed by atoms with E-state index < -0.39 is 27.9 Å². The molecule has 0 saturated carbocycles. The number of nitrogens with zero attached hydrogens (tertiary/aromatic N) is 2. The molecule has 0 fully saturated rings. The minimum atomic E-state index is -4.06. The molecule has 2 amide bonds. The van der Waals surface area contributed by atoms with Gasteiger partial charge in [-0.3, -0.25) is 19.4 Å². The molecule has 2 heterocycles. The van der Waals surface area contributed by atoms with Crippen molar-refractivity contribution in [2.45, 2.75) is 17.5 Å². The Morgan fingerprint density at radius 1 is 1.30 bits per heavy atom. The molecule has 2 aromatic rings. The van der Waals surface area contributed by atoms with Crippen LogP contribution in [0.15, 0.2) is 47.6 Å². The van der Waals surface area contributed by atoms with Gasteiger partial charge in [-0.25, -0.2) is 8.42 Å². The number of benzene rings is 1. The van der Waals surface area contributed by atoms with Gasteiger partial charge in [0.2, 0.25) is 10.0 Å². The summed E-state index contributed by atoms with van der Waals surface area (Å²) in [7, 11) is -1.29. The molecule has 11 heteroatoms. The van der Waals surface area contributed by atoms with Crippen molar-refractivity contribution < 1.29 is 27.5 Å². The quantitative estimate of drug-likeness (QED) is 0.584. The molecule has 1 aromatic heterocycles. The summed E-state index contributed by atoms with van der Waals surface area (Å²) in [5.41, 5.74) is 1.47. The molecule has 2 N–H and O–H groups in total. The van der Waals surface area contributed by atoms with E-state index in [2.05, 4.69) is 19.8 Å². The molecule has 158 valence electrons. The summed E-state index contributed by atoms with van der Waals surface area (Å²) in [4.78, 5) is 41.8. The molecule has 3 rings (SSSR count). The number of nitrogens with one attached hydrogen (secondary N) is 2. The number of sulfonamides is 1. The van der Waals surface area contributed by atoms with Crippen LogP contribution in [0.1, 0.15) is 26.3 Å². The molecule has 0 bridgehead atoms. The van der Waals surface area contributed by atoms with E-state index >= 15 is 0 Å². The number of carbonyl (C=O) groups excluding carboxylic acids is 3. The van der Waals surface area contributed by atoms with Gasteiger partial charge in [0.25, 0.3) is 11.8 Å². The number of fused-ring (bicyclic) bond motifs is 1. The lowest BCUT2D eigenvalue weighted by molar-refractivity contribution is -0.142. The monoisotopic (exact) mass is 432 g/mol. The molecule has 0 spiro atoms. The first-order valence-electron chi connectivity index (χ1n) is 8.89. The van der Waals surface area contributed by atoms with Crippen LogP contribution >= 0.6 is 0 Å². The maximum Gasteiger partial charge on any atom is 0.325 e. The van der Waals surface area contributed by atoms with Crippen molar-refractivity contribution in [1.29, 1.82) is 0 Å². The van der Waals surface area contributed by atoms with Crippen LogP contribution in [-0.2, 0) is 26.1 Å². The third kappa shape index (κ3) is 4.47. The van der Waals surface area contributed by atoms with E-state index in [1.165, 1.54) is 29.3 Å². The first-order chi connectivity index (χ1) is 14.2. The van der Waals surface area contributed by atoms with Gasteiger partial charge in [0.1, 0.15) is 10.9 Å². The highest BCUT2D eigenvalue weighted by Gasteiger charge is 2.28. The normalized spacial score (nSPS) is 14.2. The van der Waals surface area contributed by atoms with Crippen LogP contribution in [-0.4, -0.2) is 62.8 Å². The van der Waals surface area contributed by atoms with E-state index in [-0.39, 0.29) is 22.9 Å². The van der Waals surface area contributed by atoms with E-state index in [4.69, 9.17) is 0 Å². The maximum atomic E-state index is 12.5. The van der Waals surface area contributed by atoms with Crippen molar-refractivity contribution in [3.05, 3.63) is 59.4 Å². The topological polar surface area (TPSA) is 135 Å². The van der Waals surface area contributed by atoms with Gasteiger partial charge in [-0.2, -0.15) is 4.72 Å². The predicted molar refractivity (Wildman–Crippen MR) is 105 cm³/mol. The van der Waals surface area contributed by atoms with E-state index in [1.54, 1.807) is 19.2 Å². The van der Waals surface area contributed by atoms with Crippen molar-refractivity contribution in [2.24, 2.45) is 0 Å². The summed E-state index contributed by atoms with van der Waals surface area (Å²) in [6.07, 6.45) is 2.55. The summed E-state index contributed by atoms with van der Waals surface area (Å²) >= 11 is 0. The molecule has 1 aliphatic rings. The van der Waals surface area contributed by atoms with Crippen molar-refractivity contribution in [3.63, 3.8) is 0 Å². The minimum absolute atomic E-state index is 0.133. The highest BCUT2D eigenvalue weighted by atomic mass is 32.2. The molecule has 0 saturated heterocycles. The lowest BCUT2D eigenvalue weighted by atomic mass is 10.1. The van der Waals surface area contributed by atoms with Gasteiger partial charge in [0.05, 0.1) is 7.11 Å². The second-order valence-corrected chi connectivity index (χ2v) is 8.34. The first kappa shape index (κ1) is 21.4. The van der Waals surface area contributed by atoms with E-state index in [1.807, 2.05) is 0 Å². The van der Waals surface area contributed by atoms with Crippen LogP contribution in [0.3, 0.4) is 0 Å². The number of carbonyl (C=O) groups is 3. The average molecular weight is 432 g/mol. The molecule has 10 nitrogen and oxygen atoms in total. The first-order valence-corrected chi connectivity index (χ1v) is 10.4. The van der Waals surface area contributed by atoms with Crippen LogP contribution < -0.4 is 10.0 Å². The zero-order valence-corrected chi connectivity index (χ0v) is 17.1. The second-order valence-electron chi connectivity index (χ2n) is 6.63. The Kier molecular flexibility index (Phi) is 6.13. The highest BCUT2D eigenvalue weighted by Crippen LogP contribution is 2.22. The van der Waals surface area contributed by atoms with Crippen molar-refractivity contribution >= 4 is 27.8 Å². The fraction of sp³-hybridized carbons (Fsp3) is 0.263. The van der Waals surface area contributed by atoms with Gasteiger partial charge in [-0.1, -0.05) is 6.07 Å². The number of amides is 2. The van der Waals surface area contributed by atoms with Crippen molar-refractivity contribution in [2.75, 3.05) is 20.7 Å². The van der Waals surface area contributed by atoms with Gasteiger partial charge in [0.15, 0.2) is 0 Å². The van der Waals surface area contributed by atoms with Gasteiger partial charge in [0, 0.05) is 43.7 Å². The number of aromatic nitrogens is 1. The Labute approximate surface area is 173 Å². The summed E-state index contributed by atoms with van der Waals surface area (Å²) in [6, 6.07) is 6.13. The zero-order valence-electron chi connectivity index (χ0n) is 16.3. The fourth-order valence-corrected chi connectivity index (χ4v) is 4.11. The van der Waals surface area contributed by atoms with E-state index in [9.17, 15) is 22.8 Å². The third-order valence-corrected chi connectivity index (χ3v) is 6.01. The average Bonchev–Trinajstić information content (AvgIpc) is 3.04. The molecule has 1 aromatic carbocycles. The number of methoxy groups -OCH3 is 1. The van der Waals surface area contributed by atoms with Gasteiger partial charge >= 0.3 is 5.97 Å². The van der Waals surface area contributed by atoms with Crippen LogP contribution in [0.4, 0.5) is 0 Å². The molecular formula is C19H20N4O6S. The standard InChI is InChI=1S/C19H20N4O6S/c1-23-11-13-6-5-12(8-15(13)18(23)25)17(24)21-10-16(19(26)29-2)22-30(27,28)14-4-3-7-20-9-14/h3-9,16,22H,10-11H2,1-2H3,(H,21,24)/t16-/m0/s1. The Morgan fingerprint density at radius 3 is 2.73 bits per heavy atom. The fourth-order valence-electron chi connectivity index (χ4n) is 2.96. The summed E-state index contributed by atoms with van der Waals surface area (Å²) < 4.78 is 31.8. The number of rotatable bonds is 7. The minimum Gasteiger partial charge on any atom is -0.468 e. The van der Waals surface area contributed by atoms with Crippen LogP contribution in [0.5, 0.6) is 0 Å². The summed E-state index contributed by atoms with van der Waals surface area (Å²) in [5, 5.41) is 2.50. The predicted octanol–water partition coefficient (Wildman–Crippen LogP) is -0.0829.